The number of fused-ring (bicyclic) bond motifs is 1. The molecule has 4 aromatic carbocycles. The molecule has 1 aromatic heterocycles. The van der Waals surface area contributed by atoms with Crippen molar-refractivity contribution < 1.29 is 13.2 Å². The molecule has 1 N–H and O–H groups in total. The SMILES string of the molecule is Cc1ccc(N2CC(NC(=O)c3ccc(S(=O)(=O)n4cc(-c5ccccc5)c5ccccc54)cc3)C2)cc1. The van der Waals surface area contributed by atoms with Gasteiger partial charge in [0.25, 0.3) is 15.9 Å². The van der Waals surface area contributed by atoms with Crippen LogP contribution in [0, 0.1) is 6.92 Å². The third kappa shape index (κ3) is 4.35. The van der Waals surface area contributed by atoms with Crippen LogP contribution in [0.1, 0.15) is 15.9 Å². The molecule has 0 radical (unpaired) electrons. The summed E-state index contributed by atoms with van der Waals surface area (Å²) < 4.78 is 28.6. The largest absolute Gasteiger partial charge is 0.367 e. The van der Waals surface area contributed by atoms with Crippen LogP contribution in [0.5, 0.6) is 0 Å². The minimum absolute atomic E-state index is 0.0508. The molecule has 5 aromatic rings. The zero-order valence-electron chi connectivity index (χ0n) is 20.9. The van der Waals surface area contributed by atoms with E-state index in [1.54, 1.807) is 24.4 Å². The Balaban J connectivity index is 1.20. The summed E-state index contributed by atoms with van der Waals surface area (Å²) >= 11 is 0. The summed E-state index contributed by atoms with van der Waals surface area (Å²) in [6.45, 7) is 3.54. The third-order valence-electron chi connectivity index (χ3n) is 7.05. The van der Waals surface area contributed by atoms with E-state index in [-0.39, 0.29) is 16.8 Å². The van der Waals surface area contributed by atoms with Crippen LogP contribution in [0.15, 0.2) is 114 Å². The summed E-state index contributed by atoms with van der Waals surface area (Å²) in [6.07, 6.45) is 1.67. The lowest BCUT2D eigenvalue weighted by molar-refractivity contribution is 0.0930. The van der Waals surface area contributed by atoms with Crippen molar-refractivity contribution in [2.45, 2.75) is 17.9 Å². The van der Waals surface area contributed by atoms with Crippen LogP contribution >= 0.6 is 0 Å². The number of aryl methyl sites for hydroxylation is 1. The Bertz CT molecular complexity index is 1720. The van der Waals surface area contributed by atoms with Gasteiger partial charge in [-0.05, 0) is 55.0 Å². The number of nitrogens with one attached hydrogen (secondary N) is 1. The number of aromatic nitrogens is 1. The number of carbonyl (C=O) groups is 1. The van der Waals surface area contributed by atoms with E-state index in [1.165, 1.54) is 21.7 Å². The van der Waals surface area contributed by atoms with E-state index in [0.717, 1.165) is 35.3 Å². The second-order valence-electron chi connectivity index (χ2n) is 9.66. The molecule has 1 saturated heterocycles. The summed E-state index contributed by atoms with van der Waals surface area (Å²) in [4.78, 5) is 15.2. The second-order valence-corrected chi connectivity index (χ2v) is 11.5. The fourth-order valence-corrected chi connectivity index (χ4v) is 6.26. The molecule has 0 unspecified atom stereocenters. The summed E-state index contributed by atoms with van der Waals surface area (Å²) in [5, 5.41) is 3.90. The standard InChI is InChI=1S/C31H27N3O3S/c1-22-11-15-26(16-12-22)33-19-25(20-33)32-31(35)24-13-17-27(18-14-24)38(36,37)34-21-29(23-7-3-2-4-8-23)28-9-5-6-10-30(28)34/h2-18,21,25H,19-20H2,1H3,(H,32,35). The first-order valence-electron chi connectivity index (χ1n) is 12.5. The minimum atomic E-state index is -3.87. The molecular weight excluding hydrogens is 494 g/mol. The topological polar surface area (TPSA) is 71.4 Å². The Morgan fingerprint density at radius 2 is 1.47 bits per heavy atom. The van der Waals surface area contributed by atoms with Crippen LogP contribution in [0.25, 0.3) is 22.0 Å². The highest BCUT2D eigenvalue weighted by molar-refractivity contribution is 7.90. The molecule has 0 atom stereocenters. The fourth-order valence-electron chi connectivity index (χ4n) is 4.89. The van der Waals surface area contributed by atoms with Gasteiger partial charge in [-0.1, -0.05) is 66.2 Å². The van der Waals surface area contributed by atoms with Crippen molar-refractivity contribution in [1.82, 2.24) is 9.29 Å². The van der Waals surface area contributed by atoms with Crippen LogP contribution in [-0.4, -0.2) is 37.4 Å². The number of hydrogen-bond acceptors (Lipinski definition) is 4. The van der Waals surface area contributed by atoms with Crippen molar-refractivity contribution in [3.63, 3.8) is 0 Å². The number of hydrogen-bond donors (Lipinski definition) is 1. The van der Waals surface area contributed by atoms with Gasteiger partial charge in [0.15, 0.2) is 0 Å². The van der Waals surface area contributed by atoms with Gasteiger partial charge in [0.1, 0.15) is 0 Å². The van der Waals surface area contributed by atoms with Gasteiger partial charge in [-0.15, -0.1) is 0 Å². The monoisotopic (exact) mass is 521 g/mol. The number of anilines is 1. The molecule has 6 rings (SSSR count). The Kier molecular flexibility index (Phi) is 6.00. The van der Waals surface area contributed by atoms with Crippen LogP contribution in [0.2, 0.25) is 0 Å². The van der Waals surface area contributed by atoms with Gasteiger partial charge in [0.05, 0.1) is 16.5 Å². The lowest BCUT2D eigenvalue weighted by Gasteiger charge is -2.41. The third-order valence-corrected chi connectivity index (χ3v) is 8.74. The van der Waals surface area contributed by atoms with Gasteiger partial charge in [-0.2, -0.15) is 0 Å². The van der Waals surface area contributed by atoms with E-state index >= 15 is 0 Å². The molecule has 1 amide bonds. The Morgan fingerprint density at radius 3 is 2.18 bits per heavy atom. The maximum Gasteiger partial charge on any atom is 0.268 e. The van der Waals surface area contributed by atoms with Gasteiger partial charge in [-0.3, -0.25) is 4.79 Å². The lowest BCUT2D eigenvalue weighted by Crippen LogP contribution is -2.59. The van der Waals surface area contributed by atoms with Gasteiger partial charge < -0.3 is 10.2 Å². The number of nitrogens with zero attached hydrogens (tertiary/aromatic N) is 2. The lowest BCUT2D eigenvalue weighted by atomic mass is 10.1. The summed E-state index contributed by atoms with van der Waals surface area (Å²) in [5.74, 6) is -0.208. The van der Waals surface area contributed by atoms with E-state index in [2.05, 4.69) is 41.4 Å². The van der Waals surface area contributed by atoms with E-state index in [1.807, 2.05) is 48.5 Å². The smallest absolute Gasteiger partial charge is 0.268 e. The molecule has 7 heteroatoms. The highest BCUT2D eigenvalue weighted by Gasteiger charge is 2.29. The normalized spacial score (nSPS) is 13.9. The van der Waals surface area contributed by atoms with E-state index in [9.17, 15) is 13.2 Å². The van der Waals surface area contributed by atoms with Crippen molar-refractivity contribution >= 4 is 32.5 Å². The predicted molar refractivity (Wildman–Crippen MR) is 151 cm³/mol. The predicted octanol–water partition coefficient (Wildman–Crippen LogP) is 5.47. The van der Waals surface area contributed by atoms with Crippen molar-refractivity contribution in [1.29, 1.82) is 0 Å². The molecule has 190 valence electrons. The van der Waals surface area contributed by atoms with E-state index in [0.29, 0.717) is 11.1 Å². The average Bonchev–Trinajstić information content (AvgIpc) is 3.32. The number of para-hydroxylation sites is 1. The second kappa shape index (κ2) is 9.50. The molecule has 1 aliphatic rings. The maximum absolute atomic E-state index is 13.7. The zero-order chi connectivity index (χ0) is 26.3. The van der Waals surface area contributed by atoms with Gasteiger partial charge in [-0.25, -0.2) is 12.4 Å². The summed E-state index contributed by atoms with van der Waals surface area (Å²) in [5.41, 5.74) is 5.19. The molecule has 0 saturated carbocycles. The first-order chi connectivity index (χ1) is 18.4. The van der Waals surface area contributed by atoms with Gasteiger partial charge in [0.2, 0.25) is 0 Å². The van der Waals surface area contributed by atoms with Crippen molar-refractivity contribution in [2.75, 3.05) is 18.0 Å². The molecule has 38 heavy (non-hydrogen) atoms. The highest BCUT2D eigenvalue weighted by Crippen LogP contribution is 2.33. The van der Waals surface area contributed by atoms with Gasteiger partial charge >= 0.3 is 0 Å². The first-order valence-corrected chi connectivity index (χ1v) is 14.0. The number of amides is 1. The van der Waals surface area contributed by atoms with Crippen molar-refractivity contribution in [3.8, 4) is 11.1 Å². The fraction of sp³-hybridized carbons (Fsp3) is 0.129. The molecule has 1 fully saturated rings. The minimum Gasteiger partial charge on any atom is -0.367 e. The molecule has 1 aliphatic heterocycles. The highest BCUT2D eigenvalue weighted by atomic mass is 32.2. The van der Waals surface area contributed by atoms with Crippen LogP contribution in [-0.2, 0) is 10.0 Å². The zero-order valence-corrected chi connectivity index (χ0v) is 21.7. The van der Waals surface area contributed by atoms with E-state index < -0.39 is 10.0 Å². The molecule has 0 spiro atoms. The van der Waals surface area contributed by atoms with E-state index in [4.69, 9.17) is 0 Å². The Morgan fingerprint density at radius 1 is 0.816 bits per heavy atom. The quantitative estimate of drug-likeness (QED) is 0.322. The Labute approximate surface area is 222 Å². The van der Waals surface area contributed by atoms with Crippen LogP contribution in [0.4, 0.5) is 5.69 Å². The molecular formula is C31H27N3O3S. The number of benzene rings is 4. The molecule has 0 bridgehead atoms. The summed E-state index contributed by atoms with van der Waals surface area (Å²) in [7, 11) is -3.87. The average molecular weight is 522 g/mol. The summed E-state index contributed by atoms with van der Waals surface area (Å²) in [6, 6.07) is 31.7. The van der Waals surface area contributed by atoms with Crippen LogP contribution < -0.4 is 10.2 Å². The van der Waals surface area contributed by atoms with Gasteiger partial charge in [0, 0.05) is 41.5 Å². The maximum atomic E-state index is 13.7. The number of rotatable bonds is 6. The molecule has 2 heterocycles. The van der Waals surface area contributed by atoms with Crippen molar-refractivity contribution in [3.05, 3.63) is 120 Å². The molecule has 6 nitrogen and oxygen atoms in total. The van der Waals surface area contributed by atoms with Crippen LogP contribution in [0.3, 0.4) is 0 Å². The number of carbonyl (C=O) groups excluding carboxylic acids is 1. The molecule has 0 aliphatic carbocycles. The Hall–Kier alpha value is -4.36. The first kappa shape index (κ1) is 24.0. The van der Waals surface area contributed by atoms with Crippen molar-refractivity contribution in [2.24, 2.45) is 0 Å².